The standard InChI is InChI=1S/C13H10N2O4S2/c14-8-9-3-1-4-10(7-9)21(18,19)15-12(13(16)17)11-5-2-6-20-11/h1-7,12,15H,(H,16,17). The second-order valence-electron chi connectivity index (χ2n) is 4.05. The molecule has 21 heavy (non-hydrogen) atoms. The molecule has 0 spiro atoms. The van der Waals surface area contributed by atoms with Crippen molar-refractivity contribution in [3.63, 3.8) is 0 Å². The molecule has 0 radical (unpaired) electrons. The summed E-state index contributed by atoms with van der Waals surface area (Å²) in [5, 5.41) is 19.6. The predicted molar refractivity (Wildman–Crippen MR) is 76.2 cm³/mol. The highest BCUT2D eigenvalue weighted by atomic mass is 32.2. The molecule has 1 heterocycles. The number of thiophene rings is 1. The maximum Gasteiger partial charge on any atom is 0.327 e. The van der Waals surface area contributed by atoms with E-state index >= 15 is 0 Å². The van der Waals surface area contributed by atoms with E-state index in [-0.39, 0.29) is 10.5 Å². The number of benzene rings is 1. The molecule has 0 aliphatic heterocycles. The summed E-state index contributed by atoms with van der Waals surface area (Å²) < 4.78 is 26.6. The summed E-state index contributed by atoms with van der Waals surface area (Å²) in [6.07, 6.45) is 0. The molecule has 0 saturated carbocycles. The third-order valence-electron chi connectivity index (χ3n) is 2.62. The molecule has 108 valence electrons. The Hall–Kier alpha value is -2.21. The largest absolute Gasteiger partial charge is 0.480 e. The van der Waals surface area contributed by atoms with Gasteiger partial charge in [0.1, 0.15) is 0 Å². The first-order valence-corrected chi connectivity index (χ1v) is 8.09. The Morgan fingerprint density at radius 1 is 1.33 bits per heavy atom. The van der Waals surface area contributed by atoms with Crippen LogP contribution in [0.4, 0.5) is 0 Å². The zero-order valence-electron chi connectivity index (χ0n) is 10.6. The average Bonchev–Trinajstić information content (AvgIpc) is 2.98. The zero-order valence-corrected chi connectivity index (χ0v) is 12.2. The van der Waals surface area contributed by atoms with Gasteiger partial charge >= 0.3 is 5.97 Å². The van der Waals surface area contributed by atoms with Gasteiger partial charge in [0.15, 0.2) is 6.04 Å². The van der Waals surface area contributed by atoms with Crippen molar-refractivity contribution in [3.05, 3.63) is 52.2 Å². The summed E-state index contributed by atoms with van der Waals surface area (Å²) in [4.78, 5) is 11.5. The molecular formula is C13H10N2O4S2. The number of rotatable bonds is 5. The number of carboxylic acids is 1. The Bertz CT molecular complexity index is 792. The number of aliphatic carboxylic acids is 1. The highest BCUT2D eigenvalue weighted by Crippen LogP contribution is 2.22. The molecule has 0 fully saturated rings. The Balaban J connectivity index is 2.35. The molecule has 0 saturated heterocycles. The van der Waals surface area contributed by atoms with Gasteiger partial charge in [0, 0.05) is 4.88 Å². The van der Waals surface area contributed by atoms with E-state index in [0.717, 1.165) is 11.3 Å². The van der Waals surface area contributed by atoms with E-state index in [9.17, 15) is 18.3 Å². The van der Waals surface area contributed by atoms with Gasteiger partial charge in [-0.05, 0) is 29.6 Å². The highest BCUT2D eigenvalue weighted by Gasteiger charge is 2.27. The molecule has 1 aromatic heterocycles. The van der Waals surface area contributed by atoms with Crippen molar-refractivity contribution in [1.82, 2.24) is 4.72 Å². The number of carbonyl (C=O) groups is 1. The van der Waals surface area contributed by atoms with Crippen LogP contribution < -0.4 is 4.72 Å². The number of nitriles is 1. The van der Waals surface area contributed by atoms with Crippen LogP contribution in [-0.4, -0.2) is 19.5 Å². The summed E-state index contributed by atoms with van der Waals surface area (Å²) in [7, 11) is -4.04. The number of nitrogens with one attached hydrogen (secondary N) is 1. The summed E-state index contributed by atoms with van der Waals surface area (Å²) in [5.74, 6) is -1.29. The lowest BCUT2D eigenvalue weighted by Gasteiger charge is -2.13. The second-order valence-corrected chi connectivity index (χ2v) is 6.74. The smallest absolute Gasteiger partial charge is 0.327 e. The summed E-state index contributed by atoms with van der Waals surface area (Å²) in [5.41, 5.74) is 0.181. The Labute approximate surface area is 125 Å². The first-order chi connectivity index (χ1) is 9.94. The maximum absolute atomic E-state index is 12.2. The molecule has 8 heteroatoms. The molecule has 0 aliphatic rings. The number of hydrogen-bond donors (Lipinski definition) is 2. The first kappa shape index (κ1) is 15.2. The zero-order chi connectivity index (χ0) is 15.5. The van der Waals surface area contributed by atoms with Crippen LogP contribution in [0, 0.1) is 11.3 Å². The van der Waals surface area contributed by atoms with E-state index in [4.69, 9.17) is 5.26 Å². The Morgan fingerprint density at radius 2 is 2.10 bits per heavy atom. The highest BCUT2D eigenvalue weighted by molar-refractivity contribution is 7.89. The van der Waals surface area contributed by atoms with Crippen LogP contribution in [0.5, 0.6) is 0 Å². The molecule has 1 aromatic carbocycles. The average molecular weight is 322 g/mol. The monoisotopic (exact) mass is 322 g/mol. The van der Waals surface area contributed by atoms with Gasteiger partial charge in [0.25, 0.3) is 0 Å². The molecule has 1 unspecified atom stereocenters. The van der Waals surface area contributed by atoms with Crippen molar-refractivity contribution in [1.29, 1.82) is 5.26 Å². The van der Waals surface area contributed by atoms with Crippen LogP contribution in [0.1, 0.15) is 16.5 Å². The van der Waals surface area contributed by atoms with Crippen molar-refractivity contribution in [2.75, 3.05) is 0 Å². The minimum atomic E-state index is -4.04. The first-order valence-electron chi connectivity index (χ1n) is 5.73. The Morgan fingerprint density at radius 3 is 2.67 bits per heavy atom. The summed E-state index contributed by atoms with van der Waals surface area (Å²) in [6, 6.07) is 9.04. The van der Waals surface area contributed by atoms with E-state index in [2.05, 4.69) is 4.72 Å². The van der Waals surface area contributed by atoms with Crippen LogP contribution in [0.2, 0.25) is 0 Å². The van der Waals surface area contributed by atoms with Crippen molar-refractivity contribution >= 4 is 27.3 Å². The van der Waals surface area contributed by atoms with Crippen molar-refractivity contribution in [3.8, 4) is 6.07 Å². The quantitative estimate of drug-likeness (QED) is 0.871. The lowest BCUT2D eigenvalue weighted by atomic mass is 10.2. The molecule has 0 aliphatic carbocycles. The van der Waals surface area contributed by atoms with Crippen LogP contribution in [0.3, 0.4) is 0 Å². The SMILES string of the molecule is N#Cc1cccc(S(=O)(=O)NC(C(=O)O)c2cccs2)c1. The third-order valence-corrected chi connectivity index (χ3v) is 4.98. The van der Waals surface area contributed by atoms with Crippen molar-refractivity contribution < 1.29 is 18.3 Å². The minimum absolute atomic E-state index is 0.149. The summed E-state index contributed by atoms with van der Waals surface area (Å²) >= 11 is 1.14. The van der Waals surface area contributed by atoms with Crippen LogP contribution >= 0.6 is 11.3 Å². The van der Waals surface area contributed by atoms with E-state index in [1.54, 1.807) is 11.4 Å². The van der Waals surface area contributed by atoms with Gasteiger partial charge < -0.3 is 5.11 Å². The van der Waals surface area contributed by atoms with Gasteiger partial charge in [-0.2, -0.15) is 9.98 Å². The lowest BCUT2D eigenvalue weighted by Crippen LogP contribution is -2.33. The fraction of sp³-hybridized carbons (Fsp3) is 0.0769. The molecule has 2 rings (SSSR count). The molecule has 2 aromatic rings. The van der Waals surface area contributed by atoms with Gasteiger partial charge in [-0.25, -0.2) is 8.42 Å². The Kier molecular flexibility index (Phi) is 4.37. The van der Waals surface area contributed by atoms with Crippen LogP contribution in [-0.2, 0) is 14.8 Å². The number of carboxylic acid groups (broad SMARTS) is 1. The van der Waals surface area contributed by atoms with Gasteiger partial charge in [-0.1, -0.05) is 12.1 Å². The molecule has 2 N–H and O–H groups in total. The van der Waals surface area contributed by atoms with E-state index in [1.807, 2.05) is 6.07 Å². The van der Waals surface area contributed by atoms with E-state index < -0.39 is 22.0 Å². The van der Waals surface area contributed by atoms with Crippen molar-refractivity contribution in [2.45, 2.75) is 10.9 Å². The molecule has 6 nitrogen and oxygen atoms in total. The fourth-order valence-electron chi connectivity index (χ4n) is 1.64. The lowest BCUT2D eigenvalue weighted by molar-refractivity contribution is -0.139. The number of sulfonamides is 1. The van der Waals surface area contributed by atoms with Crippen LogP contribution in [0.15, 0.2) is 46.7 Å². The molecular weight excluding hydrogens is 312 g/mol. The maximum atomic E-state index is 12.2. The van der Waals surface area contributed by atoms with Gasteiger partial charge in [0.05, 0.1) is 16.5 Å². The van der Waals surface area contributed by atoms with Crippen molar-refractivity contribution in [2.24, 2.45) is 0 Å². The van der Waals surface area contributed by atoms with E-state index in [0.29, 0.717) is 4.88 Å². The molecule has 0 amide bonds. The van der Waals surface area contributed by atoms with Gasteiger partial charge in [-0.15, -0.1) is 11.3 Å². The number of nitrogens with zero attached hydrogens (tertiary/aromatic N) is 1. The van der Waals surface area contributed by atoms with Gasteiger partial charge in [-0.3, -0.25) is 4.79 Å². The fourth-order valence-corrected chi connectivity index (χ4v) is 3.70. The third kappa shape index (κ3) is 3.46. The second kappa shape index (κ2) is 6.05. The minimum Gasteiger partial charge on any atom is -0.480 e. The predicted octanol–water partition coefficient (Wildman–Crippen LogP) is 1.72. The number of hydrogen-bond acceptors (Lipinski definition) is 5. The normalized spacial score (nSPS) is 12.5. The van der Waals surface area contributed by atoms with E-state index in [1.165, 1.54) is 30.3 Å². The van der Waals surface area contributed by atoms with Crippen LogP contribution in [0.25, 0.3) is 0 Å². The topological polar surface area (TPSA) is 107 Å². The van der Waals surface area contributed by atoms with Gasteiger partial charge in [0.2, 0.25) is 10.0 Å². The summed E-state index contributed by atoms with van der Waals surface area (Å²) in [6.45, 7) is 0. The molecule has 1 atom stereocenters. The molecule has 0 bridgehead atoms.